The van der Waals surface area contributed by atoms with Crippen LogP contribution in [-0.2, 0) is 14.3 Å². The molecule has 0 bridgehead atoms. The van der Waals surface area contributed by atoms with Crippen LogP contribution in [0.15, 0.2) is 36.5 Å². The third-order valence-electron chi connectivity index (χ3n) is 20.2. The zero-order valence-electron chi connectivity index (χ0n) is 63.3. The van der Waals surface area contributed by atoms with E-state index >= 15 is 0 Å². The molecule has 0 rings (SSSR count). The Balaban J connectivity index is 3.34. The van der Waals surface area contributed by atoms with Gasteiger partial charge in [-0.2, -0.15) is 0 Å². The van der Waals surface area contributed by atoms with Crippen molar-refractivity contribution < 1.29 is 24.5 Å². The Hall–Kier alpha value is -1.92. The molecular formula is C87H167NO5. The standard InChI is InChI=1S/C87H167NO5/c1-3-5-7-9-11-13-15-17-19-21-23-24-40-44-47-51-55-59-63-67-71-75-79-85(90)84(83-89)88-86(91)80-76-72-68-64-60-56-52-48-45-41-38-36-34-32-30-28-26-25-27-29-31-33-35-37-39-42-46-50-54-58-62-66-70-74-78-82-93-87(92)81-77-73-69-65-61-57-53-49-43-22-20-18-16-14-12-10-8-6-4-2/h12,14,18,20,27,29,84-85,89-90H,3-11,13,15-17,19,21-26,28,30-83H2,1-2H3,(H,88,91)/b14-12-,20-18-,29-27-. The van der Waals surface area contributed by atoms with Crippen LogP contribution < -0.4 is 5.32 Å². The van der Waals surface area contributed by atoms with Gasteiger partial charge >= 0.3 is 5.97 Å². The number of allylic oxidation sites excluding steroid dienone is 6. The summed E-state index contributed by atoms with van der Waals surface area (Å²) in [7, 11) is 0. The van der Waals surface area contributed by atoms with E-state index in [1.54, 1.807) is 0 Å². The molecule has 550 valence electrons. The lowest BCUT2D eigenvalue weighted by Gasteiger charge is -2.22. The second-order valence-electron chi connectivity index (χ2n) is 29.5. The molecular weight excluding hydrogens is 1140 g/mol. The van der Waals surface area contributed by atoms with Crippen LogP contribution >= 0.6 is 0 Å². The number of amides is 1. The molecule has 0 aliphatic carbocycles. The molecule has 2 atom stereocenters. The maximum Gasteiger partial charge on any atom is 0.305 e. The van der Waals surface area contributed by atoms with Gasteiger partial charge in [-0.25, -0.2) is 0 Å². The number of hydrogen-bond donors (Lipinski definition) is 3. The van der Waals surface area contributed by atoms with E-state index in [2.05, 4.69) is 55.6 Å². The van der Waals surface area contributed by atoms with Gasteiger partial charge in [0.15, 0.2) is 0 Å². The molecule has 0 fully saturated rings. The minimum absolute atomic E-state index is 0.0174. The highest BCUT2D eigenvalue weighted by atomic mass is 16.5. The summed E-state index contributed by atoms with van der Waals surface area (Å²) < 4.78 is 5.52. The summed E-state index contributed by atoms with van der Waals surface area (Å²) in [5.41, 5.74) is 0. The maximum atomic E-state index is 12.6. The number of carbonyl (C=O) groups excluding carboxylic acids is 2. The highest BCUT2D eigenvalue weighted by molar-refractivity contribution is 5.76. The topological polar surface area (TPSA) is 95.9 Å². The van der Waals surface area contributed by atoms with Gasteiger partial charge in [0.1, 0.15) is 0 Å². The minimum atomic E-state index is -0.663. The van der Waals surface area contributed by atoms with Gasteiger partial charge in [0.25, 0.3) is 0 Å². The second-order valence-corrected chi connectivity index (χ2v) is 29.5. The molecule has 0 saturated carbocycles. The van der Waals surface area contributed by atoms with Crippen molar-refractivity contribution in [3.8, 4) is 0 Å². The molecule has 0 aromatic carbocycles. The van der Waals surface area contributed by atoms with Crippen molar-refractivity contribution in [3.05, 3.63) is 36.5 Å². The van der Waals surface area contributed by atoms with Gasteiger partial charge in [-0.15, -0.1) is 0 Å². The van der Waals surface area contributed by atoms with Crippen molar-refractivity contribution in [3.63, 3.8) is 0 Å². The fourth-order valence-corrected chi connectivity index (χ4v) is 13.7. The molecule has 0 aromatic rings. The van der Waals surface area contributed by atoms with Crippen molar-refractivity contribution in [1.29, 1.82) is 0 Å². The first-order chi connectivity index (χ1) is 46.0. The Morgan fingerprint density at radius 2 is 0.538 bits per heavy atom. The Labute approximate surface area is 583 Å². The van der Waals surface area contributed by atoms with Crippen LogP contribution in [0.1, 0.15) is 483 Å². The molecule has 0 radical (unpaired) electrons. The minimum Gasteiger partial charge on any atom is -0.466 e. The lowest BCUT2D eigenvalue weighted by Crippen LogP contribution is -2.45. The average molecular weight is 1310 g/mol. The first-order valence-corrected chi connectivity index (χ1v) is 42.7. The molecule has 0 aliphatic heterocycles. The summed E-state index contributed by atoms with van der Waals surface area (Å²) in [4.78, 5) is 24.7. The van der Waals surface area contributed by atoms with Crippen molar-refractivity contribution in [2.75, 3.05) is 13.2 Å². The average Bonchev–Trinajstić information content (AvgIpc) is 3.65. The summed E-state index contributed by atoms with van der Waals surface area (Å²) in [6, 6.07) is -0.540. The van der Waals surface area contributed by atoms with Gasteiger partial charge in [0, 0.05) is 12.8 Å². The Morgan fingerprint density at radius 1 is 0.301 bits per heavy atom. The molecule has 1 amide bonds. The maximum absolute atomic E-state index is 12.6. The van der Waals surface area contributed by atoms with Crippen molar-refractivity contribution in [2.45, 2.75) is 495 Å². The number of esters is 1. The van der Waals surface area contributed by atoms with Gasteiger partial charge in [-0.05, 0) is 83.5 Å². The zero-order valence-corrected chi connectivity index (χ0v) is 63.3. The van der Waals surface area contributed by atoms with Crippen molar-refractivity contribution >= 4 is 11.9 Å². The van der Waals surface area contributed by atoms with E-state index in [0.717, 1.165) is 51.4 Å². The molecule has 93 heavy (non-hydrogen) atoms. The van der Waals surface area contributed by atoms with Gasteiger partial charge in [-0.1, -0.05) is 423 Å². The van der Waals surface area contributed by atoms with Crippen molar-refractivity contribution in [2.24, 2.45) is 0 Å². The van der Waals surface area contributed by atoms with Gasteiger partial charge < -0.3 is 20.3 Å². The first kappa shape index (κ1) is 91.1. The number of aliphatic hydroxyl groups is 2. The third-order valence-corrected chi connectivity index (χ3v) is 20.2. The van der Waals surface area contributed by atoms with Crippen LogP contribution in [0.2, 0.25) is 0 Å². The van der Waals surface area contributed by atoms with Crippen LogP contribution in [0.5, 0.6) is 0 Å². The molecule has 6 heteroatoms. The summed E-state index contributed by atoms with van der Waals surface area (Å²) in [5, 5.41) is 23.5. The smallest absolute Gasteiger partial charge is 0.305 e. The van der Waals surface area contributed by atoms with E-state index in [1.165, 1.54) is 398 Å². The predicted molar refractivity (Wildman–Crippen MR) is 412 cm³/mol. The largest absolute Gasteiger partial charge is 0.466 e. The van der Waals surface area contributed by atoms with Gasteiger partial charge in [0.2, 0.25) is 5.91 Å². The lowest BCUT2D eigenvalue weighted by molar-refractivity contribution is -0.143. The number of carbonyl (C=O) groups is 2. The summed E-state index contributed by atoms with van der Waals surface area (Å²) in [6.45, 7) is 4.98. The van der Waals surface area contributed by atoms with E-state index in [-0.39, 0.29) is 18.5 Å². The molecule has 0 aromatic heterocycles. The predicted octanol–water partition coefficient (Wildman–Crippen LogP) is 28.6. The third kappa shape index (κ3) is 79.0. The van der Waals surface area contributed by atoms with E-state index < -0.39 is 12.1 Å². The van der Waals surface area contributed by atoms with Crippen LogP contribution in [0.3, 0.4) is 0 Å². The van der Waals surface area contributed by atoms with Crippen LogP contribution in [0.25, 0.3) is 0 Å². The highest BCUT2D eigenvalue weighted by Gasteiger charge is 2.20. The van der Waals surface area contributed by atoms with E-state index in [0.29, 0.717) is 25.9 Å². The van der Waals surface area contributed by atoms with Crippen LogP contribution in [-0.4, -0.2) is 47.4 Å². The Bertz CT molecular complexity index is 1510. The van der Waals surface area contributed by atoms with E-state index in [4.69, 9.17) is 4.74 Å². The number of hydrogen-bond acceptors (Lipinski definition) is 5. The second kappa shape index (κ2) is 82.5. The highest BCUT2D eigenvalue weighted by Crippen LogP contribution is 2.20. The lowest BCUT2D eigenvalue weighted by atomic mass is 10.0. The summed E-state index contributed by atoms with van der Waals surface area (Å²) in [6.07, 6.45) is 108. The Morgan fingerprint density at radius 3 is 0.849 bits per heavy atom. The fourth-order valence-electron chi connectivity index (χ4n) is 13.7. The molecule has 2 unspecified atom stereocenters. The quantitative estimate of drug-likeness (QED) is 0.0320. The number of rotatable bonds is 81. The Kier molecular flexibility index (Phi) is 80.8. The number of nitrogens with one attached hydrogen (secondary N) is 1. The fraction of sp³-hybridized carbons (Fsp3) is 0.908. The van der Waals surface area contributed by atoms with Crippen LogP contribution in [0.4, 0.5) is 0 Å². The SMILES string of the molecule is CCCCC/C=C\C/C=C\CCCCCCCCCCCC(=O)OCCCCCCCCCCCCCCCC/C=C\CCCCCCCCCCCCCCCCCCCC(=O)NC(CO)C(O)CCCCCCCCCCCCCCCCCCCCCCCC. The molecule has 0 aliphatic rings. The molecule has 6 nitrogen and oxygen atoms in total. The molecule has 0 saturated heterocycles. The van der Waals surface area contributed by atoms with E-state index in [9.17, 15) is 19.8 Å². The van der Waals surface area contributed by atoms with Gasteiger partial charge in [-0.3, -0.25) is 9.59 Å². The number of ether oxygens (including phenoxy) is 1. The van der Waals surface area contributed by atoms with Crippen LogP contribution in [0, 0.1) is 0 Å². The number of unbranched alkanes of at least 4 members (excludes halogenated alkanes) is 64. The number of aliphatic hydroxyl groups excluding tert-OH is 2. The summed E-state index contributed by atoms with van der Waals surface area (Å²) in [5.74, 6) is -0.00839. The first-order valence-electron chi connectivity index (χ1n) is 42.7. The normalized spacial score (nSPS) is 12.6. The monoisotopic (exact) mass is 1310 g/mol. The molecule has 0 heterocycles. The van der Waals surface area contributed by atoms with E-state index in [1.807, 2.05) is 0 Å². The molecule has 3 N–H and O–H groups in total. The molecule has 0 spiro atoms. The van der Waals surface area contributed by atoms with Gasteiger partial charge in [0.05, 0.1) is 25.4 Å². The summed E-state index contributed by atoms with van der Waals surface area (Å²) >= 11 is 0. The zero-order chi connectivity index (χ0) is 67.0. The van der Waals surface area contributed by atoms with Crippen molar-refractivity contribution in [1.82, 2.24) is 5.32 Å².